The summed E-state index contributed by atoms with van der Waals surface area (Å²) in [5.74, 6) is -2.51. The number of carbonyl (C=O) groups is 2. The van der Waals surface area contributed by atoms with Crippen molar-refractivity contribution in [1.82, 2.24) is 5.32 Å². The monoisotopic (exact) mass is 324 g/mol. The Hall–Kier alpha value is -1.89. The van der Waals surface area contributed by atoms with E-state index in [-0.39, 0.29) is 6.04 Å². The molecule has 120 valence electrons. The fourth-order valence-electron chi connectivity index (χ4n) is 2.51. The van der Waals surface area contributed by atoms with Gasteiger partial charge in [0.15, 0.2) is 9.84 Å². The molecule has 0 bridgehead atoms. The number of carbonyl (C=O) groups excluding carboxylic acids is 2. The van der Waals surface area contributed by atoms with Crippen molar-refractivity contribution in [2.24, 2.45) is 0 Å². The smallest absolute Gasteiger partial charge is 0.239 e. The molecule has 0 heterocycles. The van der Waals surface area contributed by atoms with Gasteiger partial charge in [-0.25, -0.2) is 8.42 Å². The molecule has 0 aliphatic heterocycles. The highest BCUT2D eigenvalue weighted by Crippen LogP contribution is 2.17. The van der Waals surface area contributed by atoms with E-state index in [1.807, 2.05) is 0 Å². The predicted molar refractivity (Wildman–Crippen MR) is 84.1 cm³/mol. The molecule has 1 fully saturated rings. The Morgan fingerprint density at radius 2 is 1.59 bits per heavy atom. The van der Waals surface area contributed by atoms with Crippen LogP contribution in [0.15, 0.2) is 30.3 Å². The summed E-state index contributed by atoms with van der Waals surface area (Å²) in [7, 11) is -3.77. The van der Waals surface area contributed by atoms with Crippen molar-refractivity contribution in [1.29, 1.82) is 0 Å². The largest absolute Gasteiger partial charge is 0.352 e. The zero-order valence-corrected chi connectivity index (χ0v) is 13.1. The van der Waals surface area contributed by atoms with Crippen LogP contribution in [0.5, 0.6) is 0 Å². The highest BCUT2D eigenvalue weighted by Gasteiger charge is 2.23. The van der Waals surface area contributed by atoms with Crippen LogP contribution in [0.3, 0.4) is 0 Å². The minimum Gasteiger partial charge on any atom is -0.352 e. The third-order valence-corrected chi connectivity index (χ3v) is 4.88. The SMILES string of the molecule is O=C(CS(=O)(=O)CC(=O)NC1CCCC1)Nc1ccccc1. The summed E-state index contributed by atoms with van der Waals surface area (Å²) in [5.41, 5.74) is 0.526. The van der Waals surface area contributed by atoms with E-state index < -0.39 is 33.2 Å². The number of amides is 2. The number of rotatable bonds is 6. The van der Waals surface area contributed by atoms with Gasteiger partial charge in [0, 0.05) is 11.7 Å². The van der Waals surface area contributed by atoms with Gasteiger partial charge in [0.2, 0.25) is 11.8 Å². The maximum atomic E-state index is 11.9. The van der Waals surface area contributed by atoms with E-state index in [0.29, 0.717) is 5.69 Å². The van der Waals surface area contributed by atoms with Gasteiger partial charge in [-0.2, -0.15) is 0 Å². The minimum absolute atomic E-state index is 0.0702. The fraction of sp³-hybridized carbons (Fsp3) is 0.467. The molecule has 22 heavy (non-hydrogen) atoms. The molecule has 0 radical (unpaired) electrons. The molecule has 6 nitrogen and oxygen atoms in total. The van der Waals surface area contributed by atoms with Gasteiger partial charge in [0.1, 0.15) is 11.5 Å². The molecular formula is C15H20N2O4S. The number of sulfone groups is 1. The van der Waals surface area contributed by atoms with Crippen molar-refractivity contribution in [2.45, 2.75) is 31.7 Å². The van der Waals surface area contributed by atoms with Crippen molar-refractivity contribution >= 4 is 27.3 Å². The Labute approximate surface area is 130 Å². The van der Waals surface area contributed by atoms with Crippen molar-refractivity contribution < 1.29 is 18.0 Å². The molecule has 1 aromatic carbocycles. The number of benzene rings is 1. The predicted octanol–water partition coefficient (Wildman–Crippen LogP) is 1.10. The third kappa shape index (κ3) is 5.48. The van der Waals surface area contributed by atoms with Crippen LogP contribution in [0.2, 0.25) is 0 Å². The molecule has 1 aromatic rings. The maximum absolute atomic E-state index is 11.9. The lowest BCUT2D eigenvalue weighted by molar-refractivity contribution is -0.119. The lowest BCUT2D eigenvalue weighted by Crippen LogP contribution is -2.38. The standard InChI is InChI=1S/C15H20N2O4S/c18-14(16-12-6-2-1-3-7-12)10-22(20,21)11-15(19)17-13-8-4-5-9-13/h1-3,6-7,13H,4-5,8-11H2,(H,16,18)(H,17,19). The van der Waals surface area contributed by atoms with E-state index in [2.05, 4.69) is 10.6 Å². The number of hydrogen-bond acceptors (Lipinski definition) is 4. The number of nitrogens with one attached hydrogen (secondary N) is 2. The van der Waals surface area contributed by atoms with Gasteiger partial charge >= 0.3 is 0 Å². The summed E-state index contributed by atoms with van der Waals surface area (Å²) in [6.07, 6.45) is 3.88. The van der Waals surface area contributed by atoms with Crippen molar-refractivity contribution in [3.05, 3.63) is 30.3 Å². The zero-order chi connectivity index (χ0) is 16.0. The summed E-state index contributed by atoms with van der Waals surface area (Å²) in [4.78, 5) is 23.5. The van der Waals surface area contributed by atoms with E-state index in [0.717, 1.165) is 25.7 Å². The molecule has 2 amide bonds. The van der Waals surface area contributed by atoms with Gasteiger partial charge in [-0.3, -0.25) is 9.59 Å². The van der Waals surface area contributed by atoms with Gasteiger partial charge < -0.3 is 10.6 Å². The molecule has 0 aromatic heterocycles. The van der Waals surface area contributed by atoms with Crippen LogP contribution in [0.25, 0.3) is 0 Å². The van der Waals surface area contributed by atoms with Gasteiger partial charge in [0.25, 0.3) is 0 Å². The normalized spacial score (nSPS) is 15.5. The van der Waals surface area contributed by atoms with Gasteiger partial charge in [-0.15, -0.1) is 0 Å². The molecule has 1 saturated carbocycles. The second kappa shape index (κ2) is 7.40. The van der Waals surface area contributed by atoms with Crippen LogP contribution in [0.1, 0.15) is 25.7 Å². The maximum Gasteiger partial charge on any atom is 0.239 e. The minimum atomic E-state index is -3.77. The van der Waals surface area contributed by atoms with Crippen LogP contribution >= 0.6 is 0 Å². The topological polar surface area (TPSA) is 92.3 Å². The average molecular weight is 324 g/mol. The third-order valence-electron chi connectivity index (χ3n) is 3.48. The quantitative estimate of drug-likeness (QED) is 0.819. The molecule has 7 heteroatoms. The van der Waals surface area contributed by atoms with E-state index >= 15 is 0 Å². The van der Waals surface area contributed by atoms with Crippen molar-refractivity contribution in [3.8, 4) is 0 Å². The fourth-order valence-corrected chi connectivity index (χ4v) is 3.57. The molecule has 1 aliphatic carbocycles. The first-order chi connectivity index (χ1) is 10.4. The molecule has 2 rings (SSSR count). The number of para-hydroxylation sites is 1. The molecule has 0 unspecified atom stereocenters. The Balaban J connectivity index is 1.82. The molecular weight excluding hydrogens is 304 g/mol. The van der Waals surface area contributed by atoms with Crippen LogP contribution < -0.4 is 10.6 Å². The summed E-state index contributed by atoms with van der Waals surface area (Å²) < 4.78 is 23.8. The van der Waals surface area contributed by atoms with Crippen molar-refractivity contribution in [2.75, 3.05) is 16.8 Å². The molecule has 1 aliphatic rings. The van der Waals surface area contributed by atoms with Crippen LogP contribution in [0.4, 0.5) is 5.69 Å². The first-order valence-electron chi connectivity index (χ1n) is 7.29. The van der Waals surface area contributed by atoms with Crippen LogP contribution in [-0.4, -0.2) is 37.8 Å². The van der Waals surface area contributed by atoms with E-state index in [9.17, 15) is 18.0 Å². The second-order valence-corrected chi connectivity index (χ2v) is 7.56. The van der Waals surface area contributed by atoms with Crippen LogP contribution in [0, 0.1) is 0 Å². The number of hydrogen-bond donors (Lipinski definition) is 2. The Bertz CT molecular complexity index is 622. The van der Waals surface area contributed by atoms with E-state index in [1.165, 1.54) is 0 Å². The van der Waals surface area contributed by atoms with Crippen LogP contribution in [-0.2, 0) is 19.4 Å². The second-order valence-electron chi connectivity index (χ2n) is 5.50. The molecule has 0 atom stereocenters. The van der Waals surface area contributed by atoms with E-state index in [4.69, 9.17) is 0 Å². The number of anilines is 1. The molecule has 0 saturated heterocycles. The highest BCUT2D eigenvalue weighted by molar-refractivity contribution is 7.92. The average Bonchev–Trinajstić information content (AvgIpc) is 2.90. The van der Waals surface area contributed by atoms with E-state index in [1.54, 1.807) is 30.3 Å². The van der Waals surface area contributed by atoms with Gasteiger partial charge in [-0.1, -0.05) is 31.0 Å². The summed E-state index contributed by atoms with van der Waals surface area (Å²) in [6, 6.07) is 8.66. The lowest BCUT2D eigenvalue weighted by atomic mass is 10.2. The zero-order valence-electron chi connectivity index (χ0n) is 12.2. The highest BCUT2D eigenvalue weighted by atomic mass is 32.2. The van der Waals surface area contributed by atoms with Gasteiger partial charge in [0.05, 0.1) is 0 Å². The Morgan fingerprint density at radius 3 is 2.23 bits per heavy atom. The first-order valence-corrected chi connectivity index (χ1v) is 9.11. The summed E-state index contributed by atoms with van der Waals surface area (Å²) >= 11 is 0. The molecule has 0 spiro atoms. The Morgan fingerprint density at radius 1 is 1.00 bits per heavy atom. The Kier molecular flexibility index (Phi) is 5.54. The van der Waals surface area contributed by atoms with Gasteiger partial charge in [-0.05, 0) is 25.0 Å². The lowest BCUT2D eigenvalue weighted by Gasteiger charge is -2.12. The van der Waals surface area contributed by atoms with Crippen molar-refractivity contribution in [3.63, 3.8) is 0 Å². The summed E-state index contributed by atoms with van der Waals surface area (Å²) in [5, 5.41) is 5.20. The molecule has 2 N–H and O–H groups in total. The summed E-state index contributed by atoms with van der Waals surface area (Å²) in [6.45, 7) is 0. The first kappa shape index (κ1) is 16.5.